The van der Waals surface area contributed by atoms with Crippen molar-refractivity contribution >= 4 is 29.3 Å². The molecule has 3 nitrogen and oxygen atoms in total. The molecule has 5 heteroatoms. The van der Waals surface area contributed by atoms with Gasteiger partial charge in [0.15, 0.2) is 0 Å². The second-order valence-corrected chi connectivity index (χ2v) is 5.32. The molecule has 0 unspecified atom stereocenters. The summed E-state index contributed by atoms with van der Waals surface area (Å²) in [5.74, 6) is 1.31. The maximum Gasteiger partial charge on any atom is 0.230 e. The van der Waals surface area contributed by atoms with Crippen molar-refractivity contribution in [2.75, 3.05) is 18.9 Å². The molecule has 0 radical (unpaired) electrons. The molecule has 1 aromatic carbocycles. The molecule has 1 rings (SSSR count). The van der Waals surface area contributed by atoms with Crippen molar-refractivity contribution in [1.82, 2.24) is 5.32 Å². The van der Waals surface area contributed by atoms with E-state index in [4.69, 9.17) is 16.7 Å². The van der Waals surface area contributed by atoms with E-state index in [2.05, 4.69) is 5.32 Å². The van der Waals surface area contributed by atoms with E-state index < -0.39 is 0 Å². The number of aliphatic hydroxyl groups excluding tert-OH is 1. The van der Waals surface area contributed by atoms with Crippen LogP contribution in [0, 0.1) is 0 Å². The minimum absolute atomic E-state index is 0.0481. The summed E-state index contributed by atoms with van der Waals surface area (Å²) in [6.07, 6.45) is 1.56. The molecule has 0 aliphatic heterocycles. The van der Waals surface area contributed by atoms with Gasteiger partial charge in [-0.05, 0) is 30.5 Å². The fourth-order valence-electron chi connectivity index (χ4n) is 1.36. The molecule has 0 aliphatic rings. The fraction of sp³-hybridized carbons (Fsp3) is 0.462. The Labute approximate surface area is 117 Å². The number of aliphatic hydroxyl groups is 1. The first kappa shape index (κ1) is 15.3. The van der Waals surface area contributed by atoms with Crippen molar-refractivity contribution in [3.8, 4) is 0 Å². The zero-order valence-electron chi connectivity index (χ0n) is 10.2. The van der Waals surface area contributed by atoms with Gasteiger partial charge < -0.3 is 10.4 Å². The van der Waals surface area contributed by atoms with E-state index in [0.717, 1.165) is 29.2 Å². The van der Waals surface area contributed by atoms with Gasteiger partial charge in [0.1, 0.15) is 0 Å². The predicted molar refractivity (Wildman–Crippen MR) is 76.9 cm³/mol. The highest BCUT2D eigenvalue weighted by Crippen LogP contribution is 2.15. The third kappa shape index (κ3) is 6.89. The second-order valence-electron chi connectivity index (χ2n) is 3.90. The number of carbonyl (C=O) groups is 1. The number of thioether (sulfide) groups is 1. The van der Waals surface area contributed by atoms with Gasteiger partial charge in [0, 0.05) is 23.9 Å². The summed E-state index contributed by atoms with van der Waals surface area (Å²) in [6, 6.07) is 7.64. The molecule has 0 aliphatic carbocycles. The van der Waals surface area contributed by atoms with Crippen LogP contribution in [0.2, 0.25) is 5.02 Å². The Kier molecular flexibility index (Phi) is 7.89. The highest BCUT2D eigenvalue weighted by Gasteiger charge is 2.01. The summed E-state index contributed by atoms with van der Waals surface area (Å²) in [6.45, 7) is 0.822. The Morgan fingerprint density at radius 3 is 2.67 bits per heavy atom. The van der Waals surface area contributed by atoms with E-state index >= 15 is 0 Å². The summed E-state index contributed by atoms with van der Waals surface area (Å²) in [4.78, 5) is 11.4. The molecule has 0 heterocycles. The van der Waals surface area contributed by atoms with Gasteiger partial charge in [-0.25, -0.2) is 0 Å². The second kappa shape index (κ2) is 9.25. The lowest BCUT2D eigenvalue weighted by Crippen LogP contribution is -2.26. The van der Waals surface area contributed by atoms with Gasteiger partial charge in [0.2, 0.25) is 5.91 Å². The van der Waals surface area contributed by atoms with Crippen molar-refractivity contribution in [3.05, 3.63) is 34.9 Å². The summed E-state index contributed by atoms with van der Waals surface area (Å²) in [5, 5.41) is 12.1. The van der Waals surface area contributed by atoms with Gasteiger partial charge in [-0.3, -0.25) is 4.79 Å². The molecule has 0 aromatic heterocycles. The minimum atomic E-state index is 0.0481. The molecule has 0 saturated carbocycles. The number of rotatable bonds is 8. The van der Waals surface area contributed by atoms with E-state index in [-0.39, 0.29) is 12.5 Å². The molecule has 1 aromatic rings. The normalized spacial score (nSPS) is 10.3. The van der Waals surface area contributed by atoms with Crippen LogP contribution in [0.5, 0.6) is 0 Å². The average molecular weight is 288 g/mol. The zero-order valence-corrected chi connectivity index (χ0v) is 11.8. The predicted octanol–water partition coefficient (Wildman–Crippen LogP) is 2.46. The van der Waals surface area contributed by atoms with Crippen molar-refractivity contribution < 1.29 is 9.90 Å². The van der Waals surface area contributed by atoms with E-state index in [9.17, 15) is 4.79 Å². The van der Waals surface area contributed by atoms with Crippen LogP contribution in [0.1, 0.15) is 18.4 Å². The van der Waals surface area contributed by atoms with Crippen LogP contribution in [0.15, 0.2) is 24.3 Å². The van der Waals surface area contributed by atoms with Crippen LogP contribution in [0.25, 0.3) is 0 Å². The maximum atomic E-state index is 11.4. The molecule has 0 spiro atoms. The highest BCUT2D eigenvalue weighted by atomic mass is 35.5. The molecule has 2 N–H and O–H groups in total. The van der Waals surface area contributed by atoms with Gasteiger partial charge in [-0.15, -0.1) is 11.8 Å². The molecular weight excluding hydrogens is 270 g/mol. The van der Waals surface area contributed by atoms with Gasteiger partial charge in [-0.2, -0.15) is 0 Å². The van der Waals surface area contributed by atoms with E-state index in [0.29, 0.717) is 12.3 Å². The fourth-order valence-corrected chi connectivity index (χ4v) is 2.30. The molecule has 0 fully saturated rings. The number of hydrogen-bond donors (Lipinski definition) is 2. The van der Waals surface area contributed by atoms with Gasteiger partial charge in [0.25, 0.3) is 0 Å². The Bertz CT molecular complexity index is 357. The lowest BCUT2D eigenvalue weighted by molar-refractivity contribution is -0.118. The molecule has 0 saturated heterocycles. The summed E-state index contributed by atoms with van der Waals surface area (Å²) in [7, 11) is 0. The van der Waals surface area contributed by atoms with E-state index in [1.165, 1.54) is 0 Å². The summed E-state index contributed by atoms with van der Waals surface area (Å²) < 4.78 is 0. The lowest BCUT2D eigenvalue weighted by atomic mass is 10.2. The third-order valence-electron chi connectivity index (χ3n) is 2.32. The van der Waals surface area contributed by atoms with Crippen LogP contribution in [-0.4, -0.2) is 29.9 Å². The Morgan fingerprint density at radius 2 is 2.00 bits per heavy atom. The van der Waals surface area contributed by atoms with Crippen molar-refractivity contribution in [2.45, 2.75) is 18.6 Å². The van der Waals surface area contributed by atoms with Crippen LogP contribution >= 0.6 is 23.4 Å². The SMILES string of the molecule is O=C(CSCc1ccc(Cl)cc1)NCCCCO. The van der Waals surface area contributed by atoms with E-state index in [1.54, 1.807) is 11.8 Å². The van der Waals surface area contributed by atoms with Crippen molar-refractivity contribution in [1.29, 1.82) is 0 Å². The summed E-state index contributed by atoms with van der Waals surface area (Å²) >= 11 is 7.37. The quantitative estimate of drug-likeness (QED) is 0.722. The number of hydrogen-bond acceptors (Lipinski definition) is 3. The van der Waals surface area contributed by atoms with Gasteiger partial charge in [-0.1, -0.05) is 23.7 Å². The topological polar surface area (TPSA) is 49.3 Å². The number of halogens is 1. The average Bonchev–Trinajstić information content (AvgIpc) is 2.37. The van der Waals surface area contributed by atoms with Crippen LogP contribution in [0.3, 0.4) is 0 Å². The lowest BCUT2D eigenvalue weighted by Gasteiger charge is -2.04. The minimum Gasteiger partial charge on any atom is -0.396 e. The number of nitrogens with one attached hydrogen (secondary N) is 1. The Morgan fingerprint density at radius 1 is 1.28 bits per heavy atom. The van der Waals surface area contributed by atoms with Crippen LogP contribution < -0.4 is 5.32 Å². The molecule has 100 valence electrons. The standard InChI is InChI=1S/C13H18ClNO2S/c14-12-5-3-11(4-6-12)9-18-10-13(17)15-7-1-2-8-16/h3-6,16H,1-2,7-10H2,(H,15,17). The third-order valence-corrected chi connectivity index (χ3v) is 3.58. The van der Waals surface area contributed by atoms with Crippen molar-refractivity contribution in [3.63, 3.8) is 0 Å². The van der Waals surface area contributed by atoms with Gasteiger partial charge >= 0.3 is 0 Å². The zero-order chi connectivity index (χ0) is 13.2. The molecule has 1 amide bonds. The monoisotopic (exact) mass is 287 g/mol. The Hall–Kier alpha value is -0.710. The van der Waals surface area contributed by atoms with Crippen LogP contribution in [-0.2, 0) is 10.5 Å². The van der Waals surface area contributed by atoms with Gasteiger partial charge in [0.05, 0.1) is 5.75 Å². The first-order valence-electron chi connectivity index (χ1n) is 5.92. The molecule has 0 bridgehead atoms. The number of carbonyl (C=O) groups excluding carboxylic acids is 1. The highest BCUT2D eigenvalue weighted by molar-refractivity contribution is 7.99. The molecule has 0 atom stereocenters. The van der Waals surface area contributed by atoms with Crippen LogP contribution in [0.4, 0.5) is 0 Å². The maximum absolute atomic E-state index is 11.4. The van der Waals surface area contributed by atoms with E-state index in [1.807, 2.05) is 24.3 Å². The summed E-state index contributed by atoms with van der Waals surface area (Å²) in [5.41, 5.74) is 1.16. The van der Waals surface area contributed by atoms with Crippen molar-refractivity contribution in [2.24, 2.45) is 0 Å². The molecule has 18 heavy (non-hydrogen) atoms. The number of unbranched alkanes of at least 4 members (excludes halogenated alkanes) is 1. The smallest absolute Gasteiger partial charge is 0.230 e. The largest absolute Gasteiger partial charge is 0.396 e. The first-order chi connectivity index (χ1) is 8.72. The molecular formula is C13H18ClNO2S. The first-order valence-corrected chi connectivity index (χ1v) is 7.45. The Balaban J connectivity index is 2.10. The number of benzene rings is 1. The number of amides is 1.